The molecular formula is C10H22Cl2N2O4. The summed E-state index contributed by atoms with van der Waals surface area (Å²) in [6.07, 6.45) is 3.07. The molecule has 0 bridgehead atoms. The van der Waals surface area contributed by atoms with E-state index in [-0.39, 0.29) is 37.3 Å². The van der Waals surface area contributed by atoms with E-state index in [4.69, 9.17) is 21.7 Å². The van der Waals surface area contributed by atoms with E-state index in [1.54, 1.807) is 0 Å². The van der Waals surface area contributed by atoms with Crippen molar-refractivity contribution >= 4 is 36.8 Å². The van der Waals surface area contributed by atoms with Crippen molar-refractivity contribution in [3.8, 4) is 0 Å². The van der Waals surface area contributed by atoms with Crippen molar-refractivity contribution < 1.29 is 19.8 Å². The fourth-order valence-corrected chi connectivity index (χ4v) is 1.38. The highest BCUT2D eigenvalue weighted by atomic mass is 35.5. The molecule has 0 aromatic rings. The highest BCUT2D eigenvalue weighted by molar-refractivity contribution is 5.85. The molecule has 0 amide bonds. The van der Waals surface area contributed by atoms with Gasteiger partial charge >= 0.3 is 11.9 Å². The molecule has 0 saturated carbocycles. The second-order valence-corrected chi connectivity index (χ2v) is 3.92. The molecular weight excluding hydrogens is 283 g/mol. The number of hydrogen-bond donors (Lipinski definition) is 4. The van der Waals surface area contributed by atoms with Gasteiger partial charge in [0.1, 0.15) is 6.04 Å². The number of halogens is 2. The lowest BCUT2D eigenvalue weighted by molar-refractivity contribution is -0.139. The molecule has 0 aromatic heterocycles. The zero-order valence-corrected chi connectivity index (χ0v) is 11.7. The standard InChI is InChI=1S/C10H20N2O4.2ClH/c11-7(4-2-6-9(13)14)3-1-5-8(12)10(15)16;;/h7-8H,1-6,11-12H2,(H,13,14)(H,15,16);2*1H/t7-,8-;;/m0../s1. The van der Waals surface area contributed by atoms with Crippen LogP contribution in [0.15, 0.2) is 0 Å². The number of carboxylic acids is 2. The van der Waals surface area contributed by atoms with E-state index in [1.165, 1.54) is 0 Å². The van der Waals surface area contributed by atoms with Crippen molar-refractivity contribution in [1.82, 2.24) is 0 Å². The van der Waals surface area contributed by atoms with E-state index in [2.05, 4.69) is 0 Å². The SMILES string of the molecule is Cl.Cl.N[C@H](CCCC(=O)O)CCC[C@H](N)C(=O)O. The van der Waals surface area contributed by atoms with E-state index < -0.39 is 18.0 Å². The number of nitrogens with two attached hydrogens (primary N) is 2. The molecule has 0 fully saturated rings. The number of hydrogen-bond acceptors (Lipinski definition) is 4. The quantitative estimate of drug-likeness (QED) is 0.503. The molecule has 0 aliphatic carbocycles. The third kappa shape index (κ3) is 13.5. The molecule has 0 radical (unpaired) electrons. The Labute approximate surface area is 119 Å². The number of carboxylic acid groups (broad SMARTS) is 2. The van der Waals surface area contributed by atoms with E-state index in [0.29, 0.717) is 32.1 Å². The minimum absolute atomic E-state index is 0. The van der Waals surface area contributed by atoms with Gasteiger partial charge < -0.3 is 21.7 Å². The van der Waals surface area contributed by atoms with E-state index in [0.717, 1.165) is 0 Å². The van der Waals surface area contributed by atoms with Gasteiger partial charge in [-0.15, -0.1) is 24.8 Å². The normalized spacial score (nSPS) is 12.8. The van der Waals surface area contributed by atoms with Gasteiger partial charge in [0.05, 0.1) is 0 Å². The second-order valence-electron chi connectivity index (χ2n) is 3.92. The van der Waals surface area contributed by atoms with E-state index >= 15 is 0 Å². The van der Waals surface area contributed by atoms with Crippen molar-refractivity contribution in [3.63, 3.8) is 0 Å². The van der Waals surface area contributed by atoms with Crippen molar-refractivity contribution in [1.29, 1.82) is 0 Å². The molecule has 0 aliphatic rings. The van der Waals surface area contributed by atoms with Crippen molar-refractivity contribution in [2.45, 2.75) is 50.6 Å². The molecule has 0 rings (SSSR count). The lowest BCUT2D eigenvalue weighted by Gasteiger charge is -2.11. The van der Waals surface area contributed by atoms with Gasteiger partial charge in [-0.05, 0) is 32.1 Å². The molecule has 0 aromatic carbocycles. The van der Waals surface area contributed by atoms with Gasteiger partial charge in [-0.1, -0.05) is 0 Å². The summed E-state index contributed by atoms with van der Waals surface area (Å²) in [4.78, 5) is 20.6. The predicted molar refractivity (Wildman–Crippen MR) is 73.4 cm³/mol. The molecule has 0 unspecified atom stereocenters. The first kappa shape index (κ1) is 22.6. The maximum atomic E-state index is 10.4. The maximum absolute atomic E-state index is 10.4. The van der Waals surface area contributed by atoms with Crippen LogP contribution in [0.1, 0.15) is 38.5 Å². The van der Waals surface area contributed by atoms with Gasteiger partial charge in [-0.3, -0.25) is 9.59 Å². The summed E-state index contributed by atoms with van der Waals surface area (Å²) >= 11 is 0. The smallest absolute Gasteiger partial charge is 0.320 e. The second kappa shape index (κ2) is 12.9. The van der Waals surface area contributed by atoms with Crippen molar-refractivity contribution in [3.05, 3.63) is 0 Å². The van der Waals surface area contributed by atoms with Crippen LogP contribution >= 0.6 is 24.8 Å². The highest BCUT2D eigenvalue weighted by Gasteiger charge is 2.11. The minimum Gasteiger partial charge on any atom is -0.481 e. The van der Waals surface area contributed by atoms with Gasteiger partial charge in [0.2, 0.25) is 0 Å². The van der Waals surface area contributed by atoms with Crippen LogP contribution in [0.25, 0.3) is 0 Å². The third-order valence-corrected chi connectivity index (χ3v) is 2.37. The van der Waals surface area contributed by atoms with Crippen LogP contribution in [0.5, 0.6) is 0 Å². The van der Waals surface area contributed by atoms with Gasteiger partial charge in [0.25, 0.3) is 0 Å². The summed E-state index contributed by atoms with van der Waals surface area (Å²) in [6, 6.07) is -0.897. The summed E-state index contributed by atoms with van der Waals surface area (Å²) in [5.74, 6) is -1.82. The van der Waals surface area contributed by atoms with E-state index in [1.807, 2.05) is 0 Å². The van der Waals surface area contributed by atoms with Gasteiger partial charge in [-0.25, -0.2) is 0 Å². The average molecular weight is 305 g/mol. The Hall–Kier alpha value is -0.560. The third-order valence-electron chi connectivity index (χ3n) is 2.37. The zero-order chi connectivity index (χ0) is 12.6. The van der Waals surface area contributed by atoms with Crippen LogP contribution in [0.2, 0.25) is 0 Å². The fraction of sp³-hybridized carbons (Fsp3) is 0.800. The monoisotopic (exact) mass is 304 g/mol. The molecule has 2 atom stereocenters. The molecule has 6 nitrogen and oxygen atoms in total. The van der Waals surface area contributed by atoms with Crippen LogP contribution in [-0.4, -0.2) is 34.2 Å². The lowest BCUT2D eigenvalue weighted by Crippen LogP contribution is -2.30. The summed E-state index contributed by atoms with van der Waals surface area (Å²) in [6.45, 7) is 0. The van der Waals surface area contributed by atoms with Gasteiger partial charge in [0.15, 0.2) is 0 Å². The van der Waals surface area contributed by atoms with Crippen molar-refractivity contribution in [2.75, 3.05) is 0 Å². The Morgan fingerprint density at radius 3 is 1.89 bits per heavy atom. The molecule has 0 saturated heterocycles. The summed E-state index contributed by atoms with van der Waals surface area (Å²) in [5.41, 5.74) is 11.1. The topological polar surface area (TPSA) is 127 Å². The van der Waals surface area contributed by atoms with Crippen LogP contribution < -0.4 is 11.5 Å². The summed E-state index contributed by atoms with van der Waals surface area (Å²) in [5, 5.41) is 16.9. The number of aliphatic carboxylic acids is 2. The Kier molecular flexibility index (Phi) is 16.2. The Balaban J connectivity index is -0.00000112. The number of carbonyl (C=O) groups is 2. The average Bonchev–Trinajstić information content (AvgIpc) is 2.16. The molecule has 0 spiro atoms. The van der Waals surface area contributed by atoms with Crippen LogP contribution in [0, 0.1) is 0 Å². The van der Waals surface area contributed by atoms with Crippen molar-refractivity contribution in [2.24, 2.45) is 11.5 Å². The molecule has 110 valence electrons. The fourth-order valence-electron chi connectivity index (χ4n) is 1.38. The molecule has 8 heteroatoms. The molecule has 18 heavy (non-hydrogen) atoms. The first-order valence-electron chi connectivity index (χ1n) is 5.39. The molecule has 0 heterocycles. The summed E-state index contributed by atoms with van der Waals surface area (Å²) < 4.78 is 0. The number of rotatable bonds is 9. The van der Waals surface area contributed by atoms with Crippen LogP contribution in [-0.2, 0) is 9.59 Å². The largest absolute Gasteiger partial charge is 0.481 e. The Bertz CT molecular complexity index is 242. The molecule has 6 N–H and O–H groups in total. The first-order valence-corrected chi connectivity index (χ1v) is 5.39. The van der Waals surface area contributed by atoms with E-state index in [9.17, 15) is 9.59 Å². The minimum atomic E-state index is -1.00. The van der Waals surface area contributed by atoms with Crippen LogP contribution in [0.3, 0.4) is 0 Å². The molecule has 0 aliphatic heterocycles. The Morgan fingerprint density at radius 2 is 1.44 bits per heavy atom. The maximum Gasteiger partial charge on any atom is 0.320 e. The van der Waals surface area contributed by atoms with Gasteiger partial charge in [-0.2, -0.15) is 0 Å². The Morgan fingerprint density at radius 1 is 0.944 bits per heavy atom. The van der Waals surface area contributed by atoms with Gasteiger partial charge in [0, 0.05) is 12.5 Å². The zero-order valence-electron chi connectivity index (χ0n) is 10.1. The first-order chi connectivity index (χ1) is 7.43. The van der Waals surface area contributed by atoms with Crippen LogP contribution in [0.4, 0.5) is 0 Å². The lowest BCUT2D eigenvalue weighted by atomic mass is 10.0. The predicted octanol–water partition coefficient (Wildman–Crippen LogP) is 0.994. The summed E-state index contributed by atoms with van der Waals surface area (Å²) in [7, 11) is 0. The highest BCUT2D eigenvalue weighted by Crippen LogP contribution is 2.07.